The van der Waals surface area contributed by atoms with Crippen LogP contribution in [0.3, 0.4) is 0 Å². The van der Waals surface area contributed by atoms with E-state index in [1.807, 2.05) is 6.92 Å². The number of anilines is 2. The molecule has 3 N–H and O–H groups in total. The highest BCUT2D eigenvalue weighted by molar-refractivity contribution is 6.05. The molecule has 0 saturated carbocycles. The van der Waals surface area contributed by atoms with Crippen LogP contribution in [0.5, 0.6) is 5.75 Å². The summed E-state index contributed by atoms with van der Waals surface area (Å²) >= 11 is 0. The molecule has 3 aromatic rings. The van der Waals surface area contributed by atoms with Crippen LogP contribution in [0, 0.1) is 0 Å². The van der Waals surface area contributed by atoms with Crippen molar-refractivity contribution in [3.05, 3.63) is 71.8 Å². The fourth-order valence-electron chi connectivity index (χ4n) is 2.97. The third kappa shape index (κ3) is 2.77. The Morgan fingerprint density at radius 1 is 1.19 bits per heavy atom. The summed E-state index contributed by atoms with van der Waals surface area (Å²) in [6, 6.07) is 11.5. The van der Waals surface area contributed by atoms with E-state index < -0.39 is 6.04 Å². The predicted molar refractivity (Wildman–Crippen MR) is 95.5 cm³/mol. The Bertz CT molecular complexity index is 978. The molecule has 2 aromatic heterocycles. The van der Waals surface area contributed by atoms with Crippen LogP contribution in [-0.4, -0.2) is 30.8 Å². The largest absolute Gasteiger partial charge is 0.508 e. The predicted octanol–water partition coefficient (Wildman–Crippen LogP) is 2.31. The van der Waals surface area contributed by atoms with Gasteiger partial charge in [0.15, 0.2) is 0 Å². The van der Waals surface area contributed by atoms with Gasteiger partial charge >= 0.3 is 0 Å². The number of nitrogens with zero attached hydrogens (tertiary/aromatic N) is 4. The molecule has 1 aliphatic heterocycles. The molecule has 0 radical (unpaired) electrons. The zero-order chi connectivity index (χ0) is 18.1. The standard InChI is InChI=1S/C18H16N6O2/c1-11-15(17(26)23-14-4-2-3-9-19-14)16(12-5-7-13(25)8-6-12)24-18(22-11)20-10-21-24/h2-10,16,25H,1H3,(H,19,23,26)(H,20,21,22). The molecule has 0 saturated heterocycles. The summed E-state index contributed by atoms with van der Waals surface area (Å²) in [7, 11) is 0. The van der Waals surface area contributed by atoms with Gasteiger partial charge in [0, 0.05) is 11.9 Å². The second kappa shape index (κ2) is 6.32. The molecule has 8 nitrogen and oxygen atoms in total. The van der Waals surface area contributed by atoms with Crippen LogP contribution in [0.4, 0.5) is 11.8 Å². The highest BCUT2D eigenvalue weighted by Crippen LogP contribution is 2.35. The van der Waals surface area contributed by atoms with Gasteiger partial charge in [-0.3, -0.25) is 4.79 Å². The lowest BCUT2D eigenvalue weighted by molar-refractivity contribution is -0.113. The molecule has 1 aliphatic rings. The molecule has 1 unspecified atom stereocenters. The summed E-state index contributed by atoms with van der Waals surface area (Å²) < 4.78 is 1.65. The highest BCUT2D eigenvalue weighted by Gasteiger charge is 2.33. The Labute approximate surface area is 149 Å². The number of carbonyl (C=O) groups is 1. The number of aromatic nitrogens is 4. The summed E-state index contributed by atoms with van der Waals surface area (Å²) in [6.07, 6.45) is 3.05. The number of carbonyl (C=O) groups excluding carboxylic acids is 1. The Balaban J connectivity index is 1.77. The minimum absolute atomic E-state index is 0.154. The Hall–Kier alpha value is -3.68. The monoisotopic (exact) mass is 348 g/mol. The number of allylic oxidation sites excluding steroid dienone is 1. The molecule has 8 heteroatoms. The maximum atomic E-state index is 13.0. The summed E-state index contributed by atoms with van der Waals surface area (Å²) in [6.45, 7) is 1.82. The van der Waals surface area contributed by atoms with Crippen LogP contribution in [0.15, 0.2) is 66.3 Å². The van der Waals surface area contributed by atoms with E-state index >= 15 is 0 Å². The van der Waals surface area contributed by atoms with Crippen LogP contribution in [0.25, 0.3) is 0 Å². The number of nitrogens with one attached hydrogen (secondary N) is 2. The van der Waals surface area contributed by atoms with E-state index in [2.05, 4.69) is 25.7 Å². The lowest BCUT2D eigenvalue weighted by Crippen LogP contribution is -2.31. The topological polar surface area (TPSA) is 105 Å². The number of hydrogen-bond acceptors (Lipinski definition) is 6. The number of phenols is 1. The Morgan fingerprint density at radius 3 is 2.73 bits per heavy atom. The molecule has 0 bridgehead atoms. The molecular weight excluding hydrogens is 332 g/mol. The van der Waals surface area contributed by atoms with E-state index in [-0.39, 0.29) is 11.7 Å². The quantitative estimate of drug-likeness (QED) is 0.671. The Kier molecular flexibility index (Phi) is 3.85. The molecule has 1 amide bonds. The molecule has 130 valence electrons. The van der Waals surface area contributed by atoms with Crippen molar-refractivity contribution in [2.45, 2.75) is 13.0 Å². The minimum atomic E-state index is -0.474. The minimum Gasteiger partial charge on any atom is -0.508 e. The second-order valence-electron chi connectivity index (χ2n) is 5.86. The number of amides is 1. The second-order valence-corrected chi connectivity index (χ2v) is 5.86. The molecule has 1 atom stereocenters. The fourth-order valence-corrected chi connectivity index (χ4v) is 2.97. The normalized spacial score (nSPS) is 16.0. The van der Waals surface area contributed by atoms with E-state index in [1.54, 1.807) is 53.3 Å². The molecule has 1 aromatic carbocycles. The van der Waals surface area contributed by atoms with E-state index in [4.69, 9.17) is 0 Å². The van der Waals surface area contributed by atoms with Gasteiger partial charge in [0.05, 0.1) is 5.57 Å². The van der Waals surface area contributed by atoms with Gasteiger partial charge in [-0.05, 0) is 36.8 Å². The van der Waals surface area contributed by atoms with Crippen LogP contribution in [-0.2, 0) is 4.79 Å². The Morgan fingerprint density at radius 2 is 2.00 bits per heavy atom. The van der Waals surface area contributed by atoms with Crippen LogP contribution < -0.4 is 10.6 Å². The van der Waals surface area contributed by atoms with Crippen LogP contribution >= 0.6 is 0 Å². The van der Waals surface area contributed by atoms with E-state index in [9.17, 15) is 9.90 Å². The van der Waals surface area contributed by atoms with Crippen molar-refractivity contribution in [2.24, 2.45) is 0 Å². The third-order valence-electron chi connectivity index (χ3n) is 4.15. The summed E-state index contributed by atoms with van der Waals surface area (Å²) in [5, 5.41) is 19.8. The van der Waals surface area contributed by atoms with Gasteiger partial charge in [-0.15, -0.1) is 0 Å². The lowest BCUT2D eigenvalue weighted by atomic mass is 9.95. The van der Waals surface area contributed by atoms with Crippen molar-refractivity contribution in [1.82, 2.24) is 19.7 Å². The molecule has 3 heterocycles. The molecule has 26 heavy (non-hydrogen) atoms. The van der Waals surface area contributed by atoms with E-state index in [0.29, 0.717) is 23.0 Å². The average Bonchev–Trinajstić information content (AvgIpc) is 3.10. The van der Waals surface area contributed by atoms with Crippen LogP contribution in [0.2, 0.25) is 0 Å². The molecule has 0 fully saturated rings. The number of fused-ring (bicyclic) bond motifs is 1. The number of rotatable bonds is 3. The average molecular weight is 348 g/mol. The lowest BCUT2D eigenvalue weighted by Gasteiger charge is -2.28. The molecule has 0 spiro atoms. The smallest absolute Gasteiger partial charge is 0.257 e. The van der Waals surface area contributed by atoms with Crippen molar-refractivity contribution in [3.63, 3.8) is 0 Å². The first-order chi connectivity index (χ1) is 12.6. The number of aromatic hydroxyl groups is 1. The van der Waals surface area contributed by atoms with Gasteiger partial charge in [-0.25, -0.2) is 9.67 Å². The zero-order valence-electron chi connectivity index (χ0n) is 13.9. The maximum absolute atomic E-state index is 13.0. The molecular formula is C18H16N6O2. The number of phenolic OH excluding ortho intramolecular Hbond substituents is 1. The van der Waals surface area contributed by atoms with Crippen molar-refractivity contribution in [1.29, 1.82) is 0 Å². The van der Waals surface area contributed by atoms with E-state index in [1.165, 1.54) is 6.33 Å². The number of benzene rings is 1. The van der Waals surface area contributed by atoms with Crippen molar-refractivity contribution < 1.29 is 9.90 Å². The number of pyridine rings is 1. The molecule has 4 rings (SSSR count). The SMILES string of the molecule is CC1=C(C(=O)Nc2ccccn2)C(c2ccc(O)cc2)n2ncnc2N1. The summed E-state index contributed by atoms with van der Waals surface area (Å²) in [5.41, 5.74) is 1.98. The third-order valence-corrected chi connectivity index (χ3v) is 4.15. The number of hydrogen-bond donors (Lipinski definition) is 3. The molecule has 0 aliphatic carbocycles. The van der Waals surface area contributed by atoms with Gasteiger partial charge in [-0.2, -0.15) is 10.1 Å². The summed E-state index contributed by atoms with van der Waals surface area (Å²) in [4.78, 5) is 21.3. The highest BCUT2D eigenvalue weighted by atomic mass is 16.3. The maximum Gasteiger partial charge on any atom is 0.257 e. The van der Waals surface area contributed by atoms with Gasteiger partial charge in [0.1, 0.15) is 23.9 Å². The van der Waals surface area contributed by atoms with Crippen LogP contribution in [0.1, 0.15) is 18.5 Å². The van der Waals surface area contributed by atoms with Gasteiger partial charge in [0.2, 0.25) is 5.95 Å². The van der Waals surface area contributed by atoms with Crippen molar-refractivity contribution >= 4 is 17.7 Å². The summed E-state index contributed by atoms with van der Waals surface area (Å²) in [5.74, 6) is 0.885. The van der Waals surface area contributed by atoms with Gasteiger partial charge in [0.25, 0.3) is 5.91 Å². The first kappa shape index (κ1) is 15.8. The van der Waals surface area contributed by atoms with E-state index in [0.717, 1.165) is 5.56 Å². The zero-order valence-corrected chi connectivity index (χ0v) is 13.9. The fraction of sp³-hybridized carbons (Fsp3) is 0.111. The van der Waals surface area contributed by atoms with Gasteiger partial charge in [-0.1, -0.05) is 18.2 Å². The van der Waals surface area contributed by atoms with Gasteiger partial charge < -0.3 is 15.7 Å². The van der Waals surface area contributed by atoms with Crippen molar-refractivity contribution in [3.8, 4) is 5.75 Å². The first-order valence-corrected chi connectivity index (χ1v) is 8.02. The van der Waals surface area contributed by atoms with Crippen molar-refractivity contribution in [2.75, 3.05) is 10.6 Å². The first-order valence-electron chi connectivity index (χ1n) is 8.02.